The van der Waals surface area contributed by atoms with Crippen molar-refractivity contribution in [2.45, 2.75) is 13.5 Å². The number of nitrogens with one attached hydrogen (secondary N) is 1. The lowest BCUT2D eigenvalue weighted by molar-refractivity contribution is 0.490. The number of aryl methyl sites for hydroxylation is 1. The highest BCUT2D eigenvalue weighted by Crippen LogP contribution is 2.25. The standard InChI is InChI=1S/C12H11BrClNO/c1-8-2-4-10(16-8)7-15-9-3-5-12(14)11(13)6-9/h2-6,15H,7H2,1H3. The zero-order chi connectivity index (χ0) is 11.5. The van der Waals surface area contributed by atoms with Crippen LogP contribution in [0.1, 0.15) is 11.5 Å². The molecule has 0 aliphatic carbocycles. The molecule has 0 atom stereocenters. The van der Waals surface area contributed by atoms with E-state index in [1.54, 1.807) is 0 Å². The van der Waals surface area contributed by atoms with E-state index in [1.807, 2.05) is 37.3 Å². The number of anilines is 1. The molecule has 0 aliphatic heterocycles. The van der Waals surface area contributed by atoms with Crippen molar-refractivity contribution in [1.82, 2.24) is 0 Å². The first-order chi connectivity index (χ1) is 7.65. The molecule has 16 heavy (non-hydrogen) atoms. The average molecular weight is 301 g/mol. The highest BCUT2D eigenvalue weighted by molar-refractivity contribution is 9.10. The minimum atomic E-state index is 0.669. The van der Waals surface area contributed by atoms with E-state index < -0.39 is 0 Å². The molecule has 1 aromatic carbocycles. The molecule has 1 N–H and O–H groups in total. The second kappa shape index (κ2) is 4.93. The first-order valence-corrected chi connectivity index (χ1v) is 6.06. The van der Waals surface area contributed by atoms with Crippen LogP contribution in [0.3, 0.4) is 0 Å². The summed E-state index contributed by atoms with van der Waals surface area (Å²) in [6, 6.07) is 9.64. The molecule has 0 saturated heterocycles. The summed E-state index contributed by atoms with van der Waals surface area (Å²) in [6.07, 6.45) is 0. The molecular formula is C12H11BrClNO. The molecule has 0 unspecified atom stereocenters. The first kappa shape index (κ1) is 11.6. The van der Waals surface area contributed by atoms with Gasteiger partial charge in [-0.05, 0) is 53.2 Å². The Morgan fingerprint density at radius 3 is 2.75 bits per heavy atom. The molecule has 1 heterocycles. The maximum atomic E-state index is 5.91. The Morgan fingerprint density at radius 1 is 1.31 bits per heavy atom. The van der Waals surface area contributed by atoms with Gasteiger partial charge in [-0.25, -0.2) is 0 Å². The summed E-state index contributed by atoms with van der Waals surface area (Å²) in [4.78, 5) is 0. The van der Waals surface area contributed by atoms with Crippen LogP contribution in [-0.2, 0) is 6.54 Å². The van der Waals surface area contributed by atoms with E-state index in [9.17, 15) is 0 Å². The molecule has 2 aromatic rings. The van der Waals surface area contributed by atoms with Gasteiger partial charge >= 0.3 is 0 Å². The summed E-state index contributed by atoms with van der Waals surface area (Å²) in [5.74, 6) is 1.85. The Morgan fingerprint density at radius 2 is 2.12 bits per heavy atom. The number of halogens is 2. The van der Waals surface area contributed by atoms with Crippen LogP contribution < -0.4 is 5.32 Å². The summed E-state index contributed by atoms with van der Waals surface area (Å²) < 4.78 is 6.34. The van der Waals surface area contributed by atoms with Gasteiger partial charge in [0.15, 0.2) is 0 Å². The van der Waals surface area contributed by atoms with Gasteiger partial charge in [-0.3, -0.25) is 0 Å². The fraction of sp³-hybridized carbons (Fsp3) is 0.167. The molecule has 2 nitrogen and oxygen atoms in total. The second-order valence-corrected chi connectivity index (χ2v) is 4.76. The van der Waals surface area contributed by atoms with Crippen molar-refractivity contribution in [2.24, 2.45) is 0 Å². The largest absolute Gasteiger partial charge is 0.465 e. The third-order valence-corrected chi connectivity index (χ3v) is 3.40. The maximum Gasteiger partial charge on any atom is 0.123 e. The highest BCUT2D eigenvalue weighted by atomic mass is 79.9. The fourth-order valence-electron chi connectivity index (χ4n) is 1.38. The predicted molar refractivity (Wildman–Crippen MR) is 69.9 cm³/mol. The number of rotatable bonds is 3. The van der Waals surface area contributed by atoms with Crippen LogP contribution in [0, 0.1) is 6.92 Å². The van der Waals surface area contributed by atoms with Crippen molar-refractivity contribution in [2.75, 3.05) is 5.32 Å². The molecule has 0 fully saturated rings. The first-order valence-electron chi connectivity index (χ1n) is 4.89. The highest BCUT2D eigenvalue weighted by Gasteiger charge is 2.01. The summed E-state index contributed by atoms with van der Waals surface area (Å²) in [5, 5.41) is 3.97. The SMILES string of the molecule is Cc1ccc(CNc2ccc(Cl)c(Br)c2)o1. The van der Waals surface area contributed by atoms with Crippen molar-refractivity contribution < 1.29 is 4.42 Å². The van der Waals surface area contributed by atoms with Gasteiger partial charge in [0.1, 0.15) is 11.5 Å². The maximum absolute atomic E-state index is 5.91. The van der Waals surface area contributed by atoms with Crippen LogP contribution in [-0.4, -0.2) is 0 Å². The molecule has 0 bridgehead atoms. The number of benzene rings is 1. The van der Waals surface area contributed by atoms with Gasteiger partial charge in [-0.1, -0.05) is 11.6 Å². The quantitative estimate of drug-likeness (QED) is 0.895. The molecule has 0 aliphatic rings. The van der Waals surface area contributed by atoms with Crippen molar-refractivity contribution in [3.05, 3.63) is 51.3 Å². The minimum absolute atomic E-state index is 0.669. The van der Waals surface area contributed by atoms with Crippen LogP contribution >= 0.6 is 27.5 Å². The van der Waals surface area contributed by atoms with E-state index in [0.29, 0.717) is 11.6 Å². The Hall–Kier alpha value is -0.930. The number of furan rings is 1. The zero-order valence-corrected chi connectivity index (χ0v) is 11.1. The molecular weight excluding hydrogens is 289 g/mol. The van der Waals surface area contributed by atoms with Crippen molar-refractivity contribution in [1.29, 1.82) is 0 Å². The third kappa shape index (κ3) is 2.80. The Kier molecular flexibility index (Phi) is 3.56. The van der Waals surface area contributed by atoms with E-state index in [1.165, 1.54) is 0 Å². The summed E-state index contributed by atoms with van der Waals surface area (Å²) in [7, 11) is 0. The van der Waals surface area contributed by atoms with Gasteiger partial charge in [-0.15, -0.1) is 0 Å². The van der Waals surface area contributed by atoms with Crippen LogP contribution in [0.2, 0.25) is 5.02 Å². The van der Waals surface area contributed by atoms with Gasteiger partial charge in [0.2, 0.25) is 0 Å². The zero-order valence-electron chi connectivity index (χ0n) is 8.76. The van der Waals surface area contributed by atoms with Crippen molar-refractivity contribution >= 4 is 33.2 Å². The topological polar surface area (TPSA) is 25.2 Å². The minimum Gasteiger partial charge on any atom is -0.465 e. The van der Waals surface area contributed by atoms with E-state index >= 15 is 0 Å². The summed E-state index contributed by atoms with van der Waals surface area (Å²) in [5.41, 5.74) is 1.00. The molecule has 0 saturated carbocycles. The lowest BCUT2D eigenvalue weighted by atomic mass is 10.3. The second-order valence-electron chi connectivity index (χ2n) is 3.49. The van der Waals surface area contributed by atoms with Gasteiger partial charge in [0.25, 0.3) is 0 Å². The molecule has 1 aromatic heterocycles. The van der Waals surface area contributed by atoms with Crippen LogP contribution in [0.4, 0.5) is 5.69 Å². The fourth-order valence-corrected chi connectivity index (χ4v) is 1.87. The monoisotopic (exact) mass is 299 g/mol. The Balaban J connectivity index is 2.02. The van der Waals surface area contributed by atoms with E-state index in [-0.39, 0.29) is 0 Å². The third-order valence-electron chi connectivity index (χ3n) is 2.18. The lowest BCUT2D eigenvalue weighted by Crippen LogP contribution is -1.97. The van der Waals surface area contributed by atoms with Crippen LogP contribution in [0.25, 0.3) is 0 Å². The normalized spacial score (nSPS) is 10.4. The molecule has 0 radical (unpaired) electrons. The van der Waals surface area contributed by atoms with Crippen LogP contribution in [0.5, 0.6) is 0 Å². The predicted octanol–water partition coefficient (Wildman–Crippen LogP) is 4.62. The summed E-state index contributed by atoms with van der Waals surface area (Å²) >= 11 is 9.29. The molecule has 0 spiro atoms. The van der Waals surface area contributed by atoms with E-state index in [0.717, 1.165) is 21.7 Å². The van der Waals surface area contributed by atoms with Gasteiger partial charge < -0.3 is 9.73 Å². The van der Waals surface area contributed by atoms with E-state index in [2.05, 4.69) is 21.2 Å². The smallest absolute Gasteiger partial charge is 0.123 e. The van der Waals surface area contributed by atoms with E-state index in [4.69, 9.17) is 16.0 Å². The molecule has 4 heteroatoms. The molecule has 84 valence electrons. The number of hydrogen-bond donors (Lipinski definition) is 1. The van der Waals surface area contributed by atoms with Gasteiger partial charge in [-0.2, -0.15) is 0 Å². The molecule has 0 amide bonds. The Labute approximate surface area is 108 Å². The van der Waals surface area contributed by atoms with Crippen LogP contribution in [0.15, 0.2) is 39.2 Å². The van der Waals surface area contributed by atoms with Gasteiger partial charge in [0, 0.05) is 10.2 Å². The Bertz CT molecular complexity index is 496. The summed E-state index contributed by atoms with van der Waals surface area (Å²) in [6.45, 7) is 2.60. The molecule has 2 rings (SSSR count). The van der Waals surface area contributed by atoms with Gasteiger partial charge in [0.05, 0.1) is 11.6 Å². The van der Waals surface area contributed by atoms with Crippen molar-refractivity contribution in [3.63, 3.8) is 0 Å². The lowest BCUT2D eigenvalue weighted by Gasteiger charge is -2.05. The number of hydrogen-bond acceptors (Lipinski definition) is 2. The average Bonchev–Trinajstić information content (AvgIpc) is 2.66. The van der Waals surface area contributed by atoms with Crippen molar-refractivity contribution in [3.8, 4) is 0 Å².